The minimum atomic E-state index is -1.03. The maximum atomic E-state index is 11.0. The Balaban J connectivity index is 1.79. The summed E-state index contributed by atoms with van der Waals surface area (Å²) in [5.74, 6) is -0.398. The lowest BCUT2D eigenvalue weighted by atomic mass is 10.2. The zero-order chi connectivity index (χ0) is 13.2. The Bertz CT molecular complexity index is 604. The zero-order valence-corrected chi connectivity index (χ0v) is 10.2. The van der Waals surface area contributed by atoms with Crippen LogP contribution in [0.5, 0.6) is 0 Å². The van der Waals surface area contributed by atoms with Gasteiger partial charge in [-0.25, -0.2) is 14.3 Å². The van der Waals surface area contributed by atoms with Crippen LogP contribution in [0.25, 0.3) is 5.65 Å². The van der Waals surface area contributed by atoms with Gasteiger partial charge in [0.25, 0.3) is 0 Å². The number of ether oxygens (including phenoxy) is 1. The molecule has 0 unspecified atom stereocenters. The third kappa shape index (κ3) is 2.37. The van der Waals surface area contributed by atoms with Crippen LogP contribution in [-0.4, -0.2) is 44.9 Å². The van der Waals surface area contributed by atoms with Gasteiger partial charge >= 0.3 is 5.97 Å². The number of hydrogen-bond acceptors (Lipinski definition) is 5. The molecule has 1 aliphatic rings. The van der Waals surface area contributed by atoms with Gasteiger partial charge in [-0.1, -0.05) is 0 Å². The Kier molecular flexibility index (Phi) is 3.04. The molecular weight excluding hydrogens is 248 g/mol. The summed E-state index contributed by atoms with van der Waals surface area (Å²) in [5.41, 5.74) is 0.436. The molecule has 7 nitrogen and oxygen atoms in total. The molecule has 1 aliphatic heterocycles. The number of nitrogens with one attached hydrogen (secondary N) is 1. The molecule has 2 aromatic rings. The second-order valence-electron chi connectivity index (χ2n) is 4.46. The first-order valence-corrected chi connectivity index (χ1v) is 6.17. The number of hydrogen-bond donors (Lipinski definition) is 2. The largest absolute Gasteiger partial charge is 0.477 e. The van der Waals surface area contributed by atoms with E-state index in [1.807, 2.05) is 0 Å². The van der Waals surface area contributed by atoms with E-state index in [0.29, 0.717) is 18.0 Å². The summed E-state index contributed by atoms with van der Waals surface area (Å²) in [6.45, 7) is 1.49. The molecule has 0 radical (unpaired) electrons. The second-order valence-corrected chi connectivity index (χ2v) is 4.46. The molecule has 7 heteroatoms. The Labute approximate surface area is 109 Å². The normalized spacial score (nSPS) is 18.8. The quantitative estimate of drug-likeness (QED) is 0.855. The van der Waals surface area contributed by atoms with Gasteiger partial charge in [-0.3, -0.25) is 0 Å². The van der Waals surface area contributed by atoms with Crippen molar-refractivity contribution in [1.29, 1.82) is 0 Å². The van der Waals surface area contributed by atoms with Gasteiger partial charge in [0.15, 0.2) is 5.65 Å². The fraction of sp³-hybridized carbons (Fsp3) is 0.417. The van der Waals surface area contributed by atoms with Crippen LogP contribution in [0.1, 0.15) is 23.2 Å². The van der Waals surface area contributed by atoms with Crippen LogP contribution in [0, 0.1) is 0 Å². The highest BCUT2D eigenvalue weighted by atomic mass is 16.5. The molecule has 3 rings (SSSR count). The third-order valence-corrected chi connectivity index (χ3v) is 3.13. The molecule has 0 spiro atoms. The lowest BCUT2D eigenvalue weighted by molar-refractivity contribution is 0.0698. The van der Waals surface area contributed by atoms with Crippen LogP contribution in [0.15, 0.2) is 18.5 Å². The average Bonchev–Trinajstić information content (AvgIpc) is 3.05. The van der Waals surface area contributed by atoms with Gasteiger partial charge in [0.2, 0.25) is 0 Å². The first-order valence-electron chi connectivity index (χ1n) is 6.17. The van der Waals surface area contributed by atoms with Crippen LogP contribution in [-0.2, 0) is 4.74 Å². The summed E-state index contributed by atoms with van der Waals surface area (Å²) in [6.07, 6.45) is 5.33. The molecule has 2 N–H and O–H groups in total. The fourth-order valence-electron chi connectivity index (χ4n) is 2.14. The highest BCUT2D eigenvalue weighted by Crippen LogP contribution is 2.14. The van der Waals surface area contributed by atoms with E-state index in [0.717, 1.165) is 19.4 Å². The molecule has 3 heterocycles. The van der Waals surface area contributed by atoms with Gasteiger partial charge in [-0.05, 0) is 18.9 Å². The smallest absolute Gasteiger partial charge is 0.341 e. The molecule has 1 saturated heterocycles. The minimum Gasteiger partial charge on any atom is -0.477 e. The molecular formula is C12H14N4O3. The molecule has 1 atom stereocenters. The Morgan fingerprint density at radius 1 is 1.63 bits per heavy atom. The first kappa shape index (κ1) is 11.9. The van der Waals surface area contributed by atoms with Crippen LogP contribution in [0.2, 0.25) is 0 Å². The molecule has 0 aliphatic carbocycles. The number of carboxylic acids is 1. The van der Waals surface area contributed by atoms with Crippen LogP contribution < -0.4 is 5.32 Å². The summed E-state index contributed by atoms with van der Waals surface area (Å²) in [7, 11) is 0. The first-order chi connectivity index (χ1) is 9.24. The number of rotatable bonds is 4. The lowest BCUT2D eigenvalue weighted by Gasteiger charge is -2.11. The van der Waals surface area contributed by atoms with E-state index in [1.54, 1.807) is 12.3 Å². The number of anilines is 1. The van der Waals surface area contributed by atoms with Crippen molar-refractivity contribution in [3.63, 3.8) is 0 Å². The van der Waals surface area contributed by atoms with Crippen molar-refractivity contribution in [2.75, 3.05) is 18.5 Å². The number of nitrogens with zero attached hydrogens (tertiary/aromatic N) is 3. The highest BCUT2D eigenvalue weighted by Gasteiger charge is 2.16. The van der Waals surface area contributed by atoms with Crippen LogP contribution in [0.3, 0.4) is 0 Å². The van der Waals surface area contributed by atoms with Crippen molar-refractivity contribution in [3.05, 3.63) is 24.0 Å². The highest BCUT2D eigenvalue weighted by molar-refractivity contribution is 5.94. The fourth-order valence-corrected chi connectivity index (χ4v) is 2.14. The molecule has 19 heavy (non-hydrogen) atoms. The van der Waals surface area contributed by atoms with Gasteiger partial charge < -0.3 is 15.2 Å². The summed E-state index contributed by atoms with van der Waals surface area (Å²) < 4.78 is 6.95. The molecule has 0 saturated carbocycles. The minimum absolute atomic E-state index is 0.0979. The van der Waals surface area contributed by atoms with E-state index >= 15 is 0 Å². The molecule has 100 valence electrons. The number of aromatic nitrogens is 3. The van der Waals surface area contributed by atoms with E-state index in [-0.39, 0.29) is 11.7 Å². The number of carbonyl (C=O) groups is 1. The van der Waals surface area contributed by atoms with Gasteiger partial charge in [0, 0.05) is 19.3 Å². The SMILES string of the molecule is O=C(O)c1cnn2ccc(NC[C@H]3CCCO3)nc12. The summed E-state index contributed by atoms with van der Waals surface area (Å²) in [6, 6.07) is 1.76. The molecule has 0 bridgehead atoms. The van der Waals surface area contributed by atoms with E-state index in [4.69, 9.17) is 9.84 Å². The second kappa shape index (κ2) is 4.85. The predicted molar refractivity (Wildman–Crippen MR) is 67.4 cm³/mol. The monoisotopic (exact) mass is 262 g/mol. The lowest BCUT2D eigenvalue weighted by Crippen LogP contribution is -2.19. The number of fused-ring (bicyclic) bond motifs is 1. The van der Waals surface area contributed by atoms with Crippen molar-refractivity contribution >= 4 is 17.4 Å². The van der Waals surface area contributed by atoms with E-state index in [2.05, 4.69) is 15.4 Å². The Morgan fingerprint density at radius 3 is 3.26 bits per heavy atom. The molecule has 0 aromatic carbocycles. The van der Waals surface area contributed by atoms with E-state index in [1.165, 1.54) is 10.7 Å². The average molecular weight is 262 g/mol. The van der Waals surface area contributed by atoms with Gasteiger partial charge in [-0.15, -0.1) is 0 Å². The zero-order valence-electron chi connectivity index (χ0n) is 10.2. The van der Waals surface area contributed by atoms with Crippen molar-refractivity contribution in [2.24, 2.45) is 0 Å². The third-order valence-electron chi connectivity index (χ3n) is 3.13. The molecule has 0 amide bonds. The summed E-state index contributed by atoms with van der Waals surface area (Å²) in [5, 5.41) is 16.1. The van der Waals surface area contributed by atoms with Crippen LogP contribution >= 0.6 is 0 Å². The van der Waals surface area contributed by atoms with Crippen molar-refractivity contribution in [2.45, 2.75) is 18.9 Å². The van der Waals surface area contributed by atoms with E-state index in [9.17, 15) is 4.79 Å². The number of aromatic carboxylic acids is 1. The van der Waals surface area contributed by atoms with Gasteiger partial charge in [0.05, 0.1) is 12.3 Å². The predicted octanol–water partition coefficient (Wildman–Crippen LogP) is 1.02. The van der Waals surface area contributed by atoms with Gasteiger partial charge in [0.1, 0.15) is 11.4 Å². The topological polar surface area (TPSA) is 88.8 Å². The maximum absolute atomic E-state index is 11.0. The Morgan fingerprint density at radius 2 is 2.53 bits per heavy atom. The van der Waals surface area contributed by atoms with Crippen LogP contribution in [0.4, 0.5) is 5.82 Å². The van der Waals surface area contributed by atoms with Gasteiger partial charge in [-0.2, -0.15) is 5.10 Å². The number of carboxylic acid groups (broad SMARTS) is 1. The van der Waals surface area contributed by atoms with Crippen molar-refractivity contribution < 1.29 is 14.6 Å². The molecule has 1 fully saturated rings. The Hall–Kier alpha value is -2.15. The summed E-state index contributed by atoms with van der Waals surface area (Å²) in [4.78, 5) is 15.3. The summed E-state index contributed by atoms with van der Waals surface area (Å²) >= 11 is 0. The van der Waals surface area contributed by atoms with E-state index < -0.39 is 5.97 Å². The standard InChI is InChI=1S/C12H14N4O3/c17-12(18)9-7-14-16-4-3-10(15-11(9)16)13-6-8-2-1-5-19-8/h3-4,7-8H,1-2,5-6H2,(H,13,15)(H,17,18)/t8-/m1/s1. The van der Waals surface area contributed by atoms with Crippen molar-refractivity contribution in [1.82, 2.24) is 14.6 Å². The van der Waals surface area contributed by atoms with Crippen molar-refractivity contribution in [3.8, 4) is 0 Å². The molecule has 2 aromatic heterocycles. The maximum Gasteiger partial charge on any atom is 0.341 e.